The van der Waals surface area contributed by atoms with Gasteiger partial charge < -0.3 is 10.5 Å². The molecule has 2 rings (SSSR count). The summed E-state index contributed by atoms with van der Waals surface area (Å²) in [5.74, 6) is -1.17. The van der Waals surface area contributed by atoms with Crippen LogP contribution in [0.5, 0.6) is 11.5 Å². The molecule has 2 N–H and O–H groups in total. The Bertz CT molecular complexity index is 685. The lowest BCUT2D eigenvalue weighted by atomic mass is 10.2. The van der Waals surface area contributed by atoms with Gasteiger partial charge in [0.1, 0.15) is 17.3 Å². The molecule has 0 radical (unpaired) electrons. The lowest BCUT2D eigenvalue weighted by Gasteiger charge is -2.13. The Hall–Kier alpha value is -1.76. The molecule has 0 aromatic heterocycles. The summed E-state index contributed by atoms with van der Waals surface area (Å²) < 4.78 is 57.0. The van der Waals surface area contributed by atoms with Crippen molar-refractivity contribution in [1.29, 1.82) is 0 Å². The van der Waals surface area contributed by atoms with Crippen LogP contribution in [-0.2, 0) is 6.18 Å². The van der Waals surface area contributed by atoms with E-state index in [4.69, 9.17) is 10.5 Å². The number of aryl methyl sites for hydroxylation is 1. The molecule has 2 nitrogen and oxygen atoms in total. The van der Waals surface area contributed by atoms with E-state index in [0.717, 1.165) is 12.1 Å². The monoisotopic (exact) mass is 363 g/mol. The van der Waals surface area contributed by atoms with E-state index in [1.807, 2.05) is 0 Å². The predicted molar refractivity (Wildman–Crippen MR) is 74.8 cm³/mol. The van der Waals surface area contributed by atoms with Crippen molar-refractivity contribution >= 4 is 21.6 Å². The zero-order valence-corrected chi connectivity index (χ0v) is 12.3. The van der Waals surface area contributed by atoms with E-state index in [-0.39, 0.29) is 5.75 Å². The van der Waals surface area contributed by atoms with Crippen LogP contribution in [-0.4, -0.2) is 0 Å². The largest absolute Gasteiger partial charge is 0.456 e. The topological polar surface area (TPSA) is 35.2 Å². The Balaban J connectivity index is 2.39. The highest BCUT2D eigenvalue weighted by Crippen LogP contribution is 2.37. The van der Waals surface area contributed by atoms with E-state index in [0.29, 0.717) is 27.5 Å². The van der Waals surface area contributed by atoms with E-state index < -0.39 is 17.6 Å². The number of benzene rings is 2. The summed E-state index contributed by atoms with van der Waals surface area (Å²) in [5, 5.41) is 0. The maximum atomic E-state index is 13.2. The molecule has 0 heterocycles. The second-order valence-electron chi connectivity index (χ2n) is 4.38. The Labute approximate surface area is 126 Å². The molecule has 0 aliphatic carbocycles. The van der Waals surface area contributed by atoms with Crippen molar-refractivity contribution in [2.45, 2.75) is 13.1 Å². The van der Waals surface area contributed by atoms with Crippen molar-refractivity contribution in [1.82, 2.24) is 0 Å². The van der Waals surface area contributed by atoms with Crippen molar-refractivity contribution in [2.24, 2.45) is 0 Å². The number of alkyl halides is 3. The third-order valence-corrected chi connectivity index (χ3v) is 3.41. The quantitative estimate of drug-likeness (QED) is 0.581. The summed E-state index contributed by atoms with van der Waals surface area (Å²) in [6.45, 7) is 1.74. The van der Waals surface area contributed by atoms with Crippen LogP contribution in [0.3, 0.4) is 0 Å². The Morgan fingerprint density at radius 1 is 1.14 bits per heavy atom. The molecule has 21 heavy (non-hydrogen) atoms. The summed E-state index contributed by atoms with van der Waals surface area (Å²) in [7, 11) is 0. The molecular weight excluding hydrogens is 354 g/mol. The van der Waals surface area contributed by atoms with Gasteiger partial charge in [-0.2, -0.15) is 13.2 Å². The normalized spacial score (nSPS) is 11.5. The molecule has 0 aliphatic rings. The standard InChI is InChI=1S/C14H10BrF4NO/c1-7-4-13(10(15)6-12(7)20)21-8-2-3-11(16)9(5-8)14(17,18)19/h2-6H,20H2,1H3. The molecule has 0 bridgehead atoms. The van der Waals surface area contributed by atoms with Crippen LogP contribution in [0.15, 0.2) is 34.8 Å². The second-order valence-corrected chi connectivity index (χ2v) is 5.24. The summed E-state index contributed by atoms with van der Waals surface area (Å²) in [5.41, 5.74) is 5.56. The predicted octanol–water partition coefficient (Wildman–Crippen LogP) is 5.29. The first-order chi connectivity index (χ1) is 9.68. The molecular formula is C14H10BrF4NO. The Morgan fingerprint density at radius 3 is 2.43 bits per heavy atom. The SMILES string of the molecule is Cc1cc(Oc2ccc(F)c(C(F)(F)F)c2)c(Br)cc1N. The third-order valence-electron chi connectivity index (χ3n) is 2.79. The fraction of sp³-hybridized carbons (Fsp3) is 0.143. The molecule has 0 atom stereocenters. The molecule has 0 saturated carbocycles. The van der Waals surface area contributed by atoms with E-state index in [1.54, 1.807) is 19.1 Å². The molecule has 2 aromatic carbocycles. The zero-order valence-electron chi connectivity index (χ0n) is 10.8. The van der Waals surface area contributed by atoms with Crippen molar-refractivity contribution in [3.8, 4) is 11.5 Å². The maximum absolute atomic E-state index is 13.2. The molecule has 0 fully saturated rings. The van der Waals surface area contributed by atoms with Gasteiger partial charge in [0.2, 0.25) is 0 Å². The maximum Gasteiger partial charge on any atom is 0.419 e. The summed E-state index contributed by atoms with van der Waals surface area (Å²) in [4.78, 5) is 0. The van der Waals surface area contributed by atoms with Crippen LogP contribution >= 0.6 is 15.9 Å². The number of hydrogen-bond donors (Lipinski definition) is 1. The van der Waals surface area contributed by atoms with E-state index in [1.165, 1.54) is 0 Å². The van der Waals surface area contributed by atoms with Gasteiger partial charge in [0.05, 0.1) is 10.0 Å². The zero-order chi connectivity index (χ0) is 15.8. The van der Waals surface area contributed by atoms with Crippen LogP contribution < -0.4 is 10.5 Å². The molecule has 112 valence electrons. The van der Waals surface area contributed by atoms with Gasteiger partial charge in [0, 0.05) is 5.69 Å². The minimum absolute atomic E-state index is 0.117. The second kappa shape index (κ2) is 5.55. The number of nitrogen functional groups attached to an aromatic ring is 1. The average Bonchev–Trinajstić information content (AvgIpc) is 2.37. The minimum atomic E-state index is -4.78. The van der Waals surface area contributed by atoms with Gasteiger partial charge in [-0.1, -0.05) is 0 Å². The van der Waals surface area contributed by atoms with Crippen LogP contribution in [0, 0.1) is 12.7 Å². The number of halogens is 5. The smallest absolute Gasteiger partial charge is 0.419 e. The summed E-state index contributed by atoms with van der Waals surface area (Å²) >= 11 is 3.21. The van der Waals surface area contributed by atoms with Crippen LogP contribution in [0.25, 0.3) is 0 Å². The first kappa shape index (κ1) is 15.6. The average molecular weight is 364 g/mol. The fourth-order valence-electron chi connectivity index (χ4n) is 1.66. The summed E-state index contributed by atoms with van der Waals surface area (Å²) in [6.07, 6.45) is -4.78. The number of hydrogen-bond acceptors (Lipinski definition) is 2. The third kappa shape index (κ3) is 3.47. The molecule has 0 saturated heterocycles. The molecule has 0 amide bonds. The Morgan fingerprint density at radius 2 is 1.81 bits per heavy atom. The van der Waals surface area contributed by atoms with Crippen LogP contribution in [0.2, 0.25) is 0 Å². The van der Waals surface area contributed by atoms with Crippen molar-refractivity contribution < 1.29 is 22.3 Å². The van der Waals surface area contributed by atoms with Gasteiger partial charge in [0.15, 0.2) is 0 Å². The van der Waals surface area contributed by atoms with Crippen LogP contribution in [0.4, 0.5) is 23.2 Å². The fourth-order valence-corrected chi connectivity index (χ4v) is 2.10. The highest BCUT2D eigenvalue weighted by atomic mass is 79.9. The highest BCUT2D eigenvalue weighted by Gasteiger charge is 2.34. The summed E-state index contributed by atoms with van der Waals surface area (Å²) in [6, 6.07) is 5.63. The number of ether oxygens (including phenoxy) is 1. The highest BCUT2D eigenvalue weighted by molar-refractivity contribution is 9.10. The van der Waals surface area contributed by atoms with Crippen LogP contribution in [0.1, 0.15) is 11.1 Å². The van der Waals surface area contributed by atoms with Gasteiger partial charge in [-0.15, -0.1) is 0 Å². The van der Waals surface area contributed by atoms with Gasteiger partial charge >= 0.3 is 6.18 Å². The van der Waals surface area contributed by atoms with Crippen molar-refractivity contribution in [3.63, 3.8) is 0 Å². The van der Waals surface area contributed by atoms with Crippen molar-refractivity contribution in [2.75, 3.05) is 5.73 Å². The molecule has 7 heteroatoms. The van der Waals surface area contributed by atoms with E-state index in [2.05, 4.69) is 15.9 Å². The van der Waals surface area contributed by atoms with Gasteiger partial charge in [-0.3, -0.25) is 0 Å². The minimum Gasteiger partial charge on any atom is -0.456 e. The first-order valence-corrected chi connectivity index (χ1v) is 6.58. The molecule has 0 aliphatic heterocycles. The number of anilines is 1. The lowest BCUT2D eigenvalue weighted by Crippen LogP contribution is -2.08. The van der Waals surface area contributed by atoms with Gasteiger partial charge in [-0.25, -0.2) is 4.39 Å². The van der Waals surface area contributed by atoms with E-state index >= 15 is 0 Å². The van der Waals surface area contributed by atoms with Crippen molar-refractivity contribution in [3.05, 3.63) is 51.7 Å². The first-order valence-electron chi connectivity index (χ1n) is 5.78. The number of nitrogens with two attached hydrogens (primary N) is 1. The lowest BCUT2D eigenvalue weighted by molar-refractivity contribution is -0.140. The van der Waals surface area contributed by atoms with E-state index in [9.17, 15) is 17.6 Å². The van der Waals surface area contributed by atoms with Gasteiger partial charge in [0.25, 0.3) is 0 Å². The molecule has 0 unspecified atom stereocenters. The Kier molecular flexibility index (Phi) is 4.13. The van der Waals surface area contributed by atoms with Gasteiger partial charge in [-0.05, 0) is 58.7 Å². The molecule has 2 aromatic rings. The molecule has 0 spiro atoms. The number of rotatable bonds is 2.